The Hall–Kier alpha value is -2.58. The number of rotatable bonds is 4. The second-order valence-corrected chi connectivity index (χ2v) is 11.3. The van der Waals surface area contributed by atoms with Crippen LogP contribution in [0.5, 0.6) is 0 Å². The summed E-state index contributed by atoms with van der Waals surface area (Å²) in [6.45, 7) is 3.04. The van der Waals surface area contributed by atoms with Crippen molar-refractivity contribution in [3.63, 3.8) is 0 Å². The highest BCUT2D eigenvalue weighted by Crippen LogP contribution is 2.69. The van der Waals surface area contributed by atoms with Crippen LogP contribution in [0.1, 0.15) is 32.7 Å². The van der Waals surface area contributed by atoms with Crippen LogP contribution in [0.3, 0.4) is 0 Å². The predicted octanol–water partition coefficient (Wildman–Crippen LogP) is 9.55. The molecular formula is C27H20F6S2. The van der Waals surface area contributed by atoms with Gasteiger partial charge in [0.2, 0.25) is 0 Å². The molecule has 0 saturated heterocycles. The van der Waals surface area contributed by atoms with E-state index in [0.29, 0.717) is 30.6 Å². The van der Waals surface area contributed by atoms with Crippen molar-refractivity contribution in [1.29, 1.82) is 0 Å². The molecule has 8 heteroatoms. The van der Waals surface area contributed by atoms with Gasteiger partial charge in [0.05, 0.1) is 11.8 Å². The smallest absolute Gasteiger partial charge is 0.199 e. The Bertz CT molecular complexity index is 1250. The van der Waals surface area contributed by atoms with Gasteiger partial charge in [-0.2, -0.15) is 26.3 Å². The van der Waals surface area contributed by atoms with E-state index in [2.05, 4.69) is 0 Å². The van der Waals surface area contributed by atoms with Gasteiger partial charge in [-0.25, -0.2) is 0 Å². The lowest BCUT2D eigenvalue weighted by Crippen LogP contribution is -2.48. The summed E-state index contributed by atoms with van der Waals surface area (Å²) in [7, 11) is 0. The van der Waals surface area contributed by atoms with Crippen LogP contribution in [0.4, 0.5) is 26.3 Å². The van der Waals surface area contributed by atoms with Crippen LogP contribution < -0.4 is 0 Å². The Balaban J connectivity index is 1.70. The molecule has 4 aromatic rings. The first-order chi connectivity index (χ1) is 16.5. The Kier molecular flexibility index (Phi) is 5.68. The van der Waals surface area contributed by atoms with Gasteiger partial charge in [-0.3, -0.25) is 0 Å². The summed E-state index contributed by atoms with van der Waals surface area (Å²) in [5.74, 6) is -20.1. The number of halogens is 6. The summed E-state index contributed by atoms with van der Waals surface area (Å²) in [5.41, 5.74) is 1.10. The van der Waals surface area contributed by atoms with Gasteiger partial charge in [0.1, 0.15) is 0 Å². The molecule has 0 nitrogen and oxygen atoms in total. The molecule has 2 aromatic carbocycles. The lowest BCUT2D eigenvalue weighted by Gasteiger charge is -2.25. The zero-order valence-corrected chi connectivity index (χ0v) is 20.3. The standard InChI is InChI=1S/C27H20F6S2/c1-15-19(13-21(34-15)17-9-5-3-6-10-17)23-24(26(30,31)27(32,33)25(23,28)29)20-14-22(35-16(20)2)18-11-7-4-8-12-18/h3-14,23-24H,1-2H3. The van der Waals surface area contributed by atoms with Gasteiger partial charge in [-0.15, -0.1) is 22.7 Å². The highest BCUT2D eigenvalue weighted by molar-refractivity contribution is 7.16. The molecule has 0 N–H and O–H groups in total. The summed E-state index contributed by atoms with van der Waals surface area (Å²) in [4.78, 5) is 1.78. The zero-order valence-electron chi connectivity index (χ0n) is 18.7. The second kappa shape index (κ2) is 8.23. The van der Waals surface area contributed by atoms with Gasteiger partial charge in [-0.1, -0.05) is 60.7 Å². The van der Waals surface area contributed by atoms with Crippen molar-refractivity contribution in [3.05, 3.63) is 93.7 Å². The molecule has 2 heterocycles. The third-order valence-corrected chi connectivity index (χ3v) is 8.88. The topological polar surface area (TPSA) is 0 Å². The number of hydrogen-bond donors (Lipinski definition) is 0. The van der Waals surface area contributed by atoms with Crippen LogP contribution in [0.15, 0.2) is 72.8 Å². The van der Waals surface area contributed by atoms with Crippen molar-refractivity contribution in [1.82, 2.24) is 0 Å². The van der Waals surface area contributed by atoms with Gasteiger partial charge in [0.15, 0.2) is 0 Å². The highest BCUT2D eigenvalue weighted by Gasteiger charge is 2.85. The molecule has 0 amide bonds. The van der Waals surface area contributed by atoms with Crippen LogP contribution in [-0.2, 0) is 0 Å². The molecule has 1 saturated carbocycles. The maximum Gasteiger partial charge on any atom is 0.373 e. The van der Waals surface area contributed by atoms with E-state index in [1.54, 1.807) is 60.7 Å². The van der Waals surface area contributed by atoms with Crippen LogP contribution >= 0.6 is 22.7 Å². The Morgan fingerprint density at radius 1 is 0.571 bits per heavy atom. The monoisotopic (exact) mass is 522 g/mol. The minimum absolute atomic E-state index is 0.160. The first-order valence-corrected chi connectivity index (χ1v) is 12.5. The number of benzene rings is 2. The molecule has 35 heavy (non-hydrogen) atoms. The van der Waals surface area contributed by atoms with Gasteiger partial charge in [0.25, 0.3) is 0 Å². The quantitative estimate of drug-likeness (QED) is 0.234. The van der Waals surface area contributed by atoms with Crippen molar-refractivity contribution in [3.8, 4) is 20.9 Å². The van der Waals surface area contributed by atoms with Gasteiger partial charge >= 0.3 is 17.8 Å². The van der Waals surface area contributed by atoms with Crippen molar-refractivity contribution < 1.29 is 26.3 Å². The number of alkyl halides is 6. The van der Waals surface area contributed by atoms with E-state index >= 15 is 17.6 Å². The summed E-state index contributed by atoms with van der Waals surface area (Å²) < 4.78 is 90.9. The van der Waals surface area contributed by atoms with E-state index in [-0.39, 0.29) is 11.1 Å². The summed E-state index contributed by atoms with van der Waals surface area (Å²) in [5, 5.41) is 0. The van der Waals surface area contributed by atoms with Crippen molar-refractivity contribution in [2.75, 3.05) is 0 Å². The Morgan fingerprint density at radius 2 is 0.914 bits per heavy atom. The fraction of sp³-hybridized carbons (Fsp3) is 0.259. The van der Waals surface area contributed by atoms with Crippen molar-refractivity contribution in [2.45, 2.75) is 43.5 Å². The highest BCUT2D eigenvalue weighted by atomic mass is 32.1. The average Bonchev–Trinajstić information content (AvgIpc) is 3.42. The molecule has 0 bridgehead atoms. The molecule has 1 aliphatic carbocycles. The largest absolute Gasteiger partial charge is 0.373 e. The molecule has 1 fully saturated rings. The summed E-state index contributed by atoms with van der Waals surface area (Å²) >= 11 is 2.28. The number of hydrogen-bond acceptors (Lipinski definition) is 2. The third-order valence-electron chi connectivity index (χ3n) is 6.65. The SMILES string of the molecule is Cc1sc(-c2ccccc2)cc1C1C(c2cc(-c3ccccc3)sc2C)C(F)(F)C(F)(F)C1(F)F. The van der Waals surface area contributed by atoms with Crippen LogP contribution in [0.2, 0.25) is 0 Å². The van der Waals surface area contributed by atoms with Crippen LogP contribution in [-0.4, -0.2) is 17.8 Å². The molecule has 0 aliphatic heterocycles. The first kappa shape index (κ1) is 24.1. The van der Waals surface area contributed by atoms with Gasteiger partial charge < -0.3 is 0 Å². The second-order valence-electron chi connectivity index (χ2n) is 8.75. The lowest BCUT2D eigenvalue weighted by molar-refractivity contribution is -0.275. The van der Waals surface area contributed by atoms with Crippen LogP contribution in [0.25, 0.3) is 20.9 Å². The molecule has 2 unspecified atom stereocenters. The average molecular weight is 523 g/mol. The molecule has 2 aromatic heterocycles. The lowest BCUT2D eigenvalue weighted by atomic mass is 9.81. The maximum atomic E-state index is 15.3. The number of aryl methyl sites for hydroxylation is 2. The predicted molar refractivity (Wildman–Crippen MR) is 129 cm³/mol. The molecule has 182 valence electrons. The van der Waals surface area contributed by atoms with E-state index in [9.17, 15) is 8.78 Å². The van der Waals surface area contributed by atoms with Gasteiger partial charge in [0, 0.05) is 19.5 Å². The summed E-state index contributed by atoms with van der Waals surface area (Å²) in [6, 6.07) is 20.4. The summed E-state index contributed by atoms with van der Waals surface area (Å²) in [6.07, 6.45) is 0. The van der Waals surface area contributed by atoms with Crippen molar-refractivity contribution in [2.24, 2.45) is 0 Å². The van der Waals surface area contributed by atoms with Crippen LogP contribution in [0, 0.1) is 13.8 Å². The molecule has 0 radical (unpaired) electrons. The first-order valence-electron chi connectivity index (χ1n) is 10.9. The maximum absolute atomic E-state index is 15.3. The molecule has 5 rings (SSSR count). The number of thiophene rings is 2. The van der Waals surface area contributed by atoms with Gasteiger partial charge in [-0.05, 0) is 48.2 Å². The van der Waals surface area contributed by atoms with E-state index in [1.165, 1.54) is 26.0 Å². The molecule has 1 aliphatic rings. The fourth-order valence-electron chi connectivity index (χ4n) is 4.88. The van der Waals surface area contributed by atoms with E-state index in [4.69, 9.17) is 0 Å². The molecule has 0 spiro atoms. The molecular weight excluding hydrogens is 502 g/mol. The normalized spacial score (nSPS) is 22.4. The van der Waals surface area contributed by atoms with E-state index < -0.39 is 29.6 Å². The Morgan fingerprint density at radius 3 is 1.26 bits per heavy atom. The van der Waals surface area contributed by atoms with E-state index in [0.717, 1.165) is 22.7 Å². The fourth-order valence-corrected chi connectivity index (χ4v) is 7.03. The minimum atomic E-state index is -5.50. The molecule has 2 atom stereocenters. The van der Waals surface area contributed by atoms with E-state index in [1.807, 2.05) is 0 Å². The van der Waals surface area contributed by atoms with Crippen molar-refractivity contribution >= 4 is 22.7 Å². The third kappa shape index (κ3) is 3.56. The minimum Gasteiger partial charge on any atom is -0.199 e. The zero-order chi connectivity index (χ0) is 25.2. The Labute approximate surface area is 206 Å².